The topological polar surface area (TPSA) is 43.4 Å². The van der Waals surface area contributed by atoms with Crippen molar-refractivity contribution < 1.29 is 14.1 Å². The first-order valence-corrected chi connectivity index (χ1v) is 8.20. The zero-order valence-electron chi connectivity index (χ0n) is 12.3. The molecule has 3 nitrogen and oxygen atoms in total. The van der Waals surface area contributed by atoms with Gasteiger partial charge in [-0.25, -0.2) is 4.79 Å². The summed E-state index contributed by atoms with van der Waals surface area (Å²) < 4.78 is 17.6. The van der Waals surface area contributed by atoms with Crippen molar-refractivity contribution in [2.75, 3.05) is 6.61 Å². The standard InChI is InChI=1S/C16H22O3P/c1-4-19-16(17)15(12-8-9-13(2)3)20(18)14-10-6-5-7-11-14/h5-7,9-11,15H,4,8,12H2,1-3H3/q+1. The summed E-state index contributed by atoms with van der Waals surface area (Å²) in [6.45, 7) is 6.10. The predicted octanol–water partition coefficient (Wildman–Crippen LogP) is 3.82. The van der Waals surface area contributed by atoms with Gasteiger partial charge in [-0.1, -0.05) is 34.4 Å². The summed E-state index contributed by atoms with van der Waals surface area (Å²) in [6, 6.07) is 9.13. The summed E-state index contributed by atoms with van der Waals surface area (Å²) in [6.07, 6.45) is 3.34. The van der Waals surface area contributed by atoms with Crippen LogP contribution < -0.4 is 5.30 Å². The van der Waals surface area contributed by atoms with E-state index < -0.39 is 13.5 Å². The monoisotopic (exact) mass is 293 g/mol. The van der Waals surface area contributed by atoms with Gasteiger partial charge >= 0.3 is 13.8 Å². The normalized spacial score (nSPS) is 12.4. The maximum absolute atomic E-state index is 12.6. The number of hydrogen-bond donors (Lipinski definition) is 0. The van der Waals surface area contributed by atoms with Crippen LogP contribution in [0.25, 0.3) is 0 Å². The van der Waals surface area contributed by atoms with E-state index in [1.807, 2.05) is 32.0 Å². The molecule has 0 aliphatic carbocycles. The number of ether oxygens (including phenoxy) is 1. The minimum Gasteiger partial charge on any atom is -0.463 e. The van der Waals surface area contributed by atoms with Gasteiger partial charge in [0.2, 0.25) is 0 Å². The second kappa shape index (κ2) is 8.65. The van der Waals surface area contributed by atoms with Crippen LogP contribution in [0.4, 0.5) is 0 Å². The molecule has 1 rings (SSSR count). The van der Waals surface area contributed by atoms with Gasteiger partial charge in [0.15, 0.2) is 5.30 Å². The van der Waals surface area contributed by atoms with E-state index in [1.54, 1.807) is 19.1 Å². The van der Waals surface area contributed by atoms with Crippen LogP contribution in [0, 0.1) is 0 Å². The lowest BCUT2D eigenvalue weighted by Gasteiger charge is -2.06. The molecule has 4 heteroatoms. The van der Waals surface area contributed by atoms with Gasteiger partial charge in [0.05, 0.1) is 6.61 Å². The highest BCUT2D eigenvalue weighted by Gasteiger charge is 2.39. The van der Waals surface area contributed by atoms with Crippen LogP contribution >= 0.6 is 7.80 Å². The molecular formula is C16H22O3P+. The Kier molecular flexibility index (Phi) is 7.17. The zero-order valence-corrected chi connectivity index (χ0v) is 13.2. The van der Waals surface area contributed by atoms with Gasteiger partial charge in [-0.3, -0.25) is 0 Å². The Hall–Kier alpha value is -1.47. The van der Waals surface area contributed by atoms with Gasteiger partial charge < -0.3 is 4.74 Å². The van der Waals surface area contributed by atoms with Crippen molar-refractivity contribution in [3.8, 4) is 0 Å². The lowest BCUT2D eigenvalue weighted by Crippen LogP contribution is -2.23. The molecule has 0 saturated heterocycles. The molecule has 0 heterocycles. The number of rotatable bonds is 7. The lowest BCUT2D eigenvalue weighted by atomic mass is 10.2. The van der Waals surface area contributed by atoms with E-state index in [0.717, 1.165) is 6.42 Å². The smallest absolute Gasteiger partial charge is 0.391 e. The van der Waals surface area contributed by atoms with Crippen molar-refractivity contribution in [1.29, 1.82) is 0 Å². The fourth-order valence-electron chi connectivity index (χ4n) is 1.85. The first kappa shape index (κ1) is 16.6. The molecular weight excluding hydrogens is 271 g/mol. The van der Waals surface area contributed by atoms with Crippen LogP contribution in [-0.2, 0) is 14.1 Å². The Morgan fingerprint density at radius 3 is 2.50 bits per heavy atom. The minimum atomic E-state index is -1.77. The molecule has 1 aromatic rings. The summed E-state index contributed by atoms with van der Waals surface area (Å²) in [5.74, 6) is -0.361. The Morgan fingerprint density at radius 2 is 1.95 bits per heavy atom. The molecule has 0 aliphatic heterocycles. The molecule has 20 heavy (non-hydrogen) atoms. The van der Waals surface area contributed by atoms with E-state index in [9.17, 15) is 9.36 Å². The third-order valence-electron chi connectivity index (χ3n) is 2.85. The fourth-order valence-corrected chi connectivity index (χ4v) is 3.33. The Morgan fingerprint density at radius 1 is 1.30 bits per heavy atom. The summed E-state index contributed by atoms with van der Waals surface area (Å²) in [5, 5.41) is 0.706. The first-order valence-electron chi connectivity index (χ1n) is 6.87. The van der Waals surface area contributed by atoms with E-state index in [1.165, 1.54) is 5.57 Å². The summed E-state index contributed by atoms with van der Waals surface area (Å²) >= 11 is 0. The van der Waals surface area contributed by atoms with E-state index in [0.29, 0.717) is 18.3 Å². The Labute approximate surface area is 121 Å². The van der Waals surface area contributed by atoms with Crippen molar-refractivity contribution in [1.82, 2.24) is 0 Å². The Balaban J connectivity index is 2.84. The highest BCUT2D eigenvalue weighted by Crippen LogP contribution is 2.31. The molecule has 0 radical (unpaired) electrons. The van der Waals surface area contributed by atoms with Crippen LogP contribution in [0.2, 0.25) is 0 Å². The fraction of sp³-hybridized carbons (Fsp3) is 0.438. The SMILES string of the molecule is CCOC(=O)C(CCC=C(C)C)[P+](=O)c1ccccc1. The molecule has 1 aromatic carbocycles. The average molecular weight is 293 g/mol. The molecule has 0 aromatic heterocycles. The molecule has 0 fully saturated rings. The number of esters is 1. The quantitative estimate of drug-likeness (QED) is 0.436. The van der Waals surface area contributed by atoms with Crippen molar-refractivity contribution in [2.24, 2.45) is 0 Å². The number of carbonyl (C=O) groups is 1. The van der Waals surface area contributed by atoms with Crippen molar-refractivity contribution in [3.05, 3.63) is 42.0 Å². The van der Waals surface area contributed by atoms with Crippen LogP contribution in [0.15, 0.2) is 42.0 Å². The molecule has 0 amide bonds. The number of benzene rings is 1. The summed E-state index contributed by atoms with van der Waals surface area (Å²) in [4.78, 5) is 12.0. The van der Waals surface area contributed by atoms with Crippen molar-refractivity contribution >= 4 is 19.1 Å². The third-order valence-corrected chi connectivity index (χ3v) is 4.69. The van der Waals surface area contributed by atoms with Crippen LogP contribution in [0.5, 0.6) is 0 Å². The lowest BCUT2D eigenvalue weighted by molar-refractivity contribution is -0.142. The van der Waals surface area contributed by atoms with Gasteiger partial charge in [-0.15, -0.1) is 0 Å². The summed E-state index contributed by atoms with van der Waals surface area (Å²) in [7, 11) is -1.77. The second-order valence-electron chi connectivity index (χ2n) is 4.79. The van der Waals surface area contributed by atoms with Crippen LogP contribution in [0.3, 0.4) is 0 Å². The van der Waals surface area contributed by atoms with Gasteiger partial charge in [-0.05, 0) is 39.3 Å². The van der Waals surface area contributed by atoms with Gasteiger partial charge in [-0.2, -0.15) is 0 Å². The highest BCUT2D eigenvalue weighted by atomic mass is 31.1. The van der Waals surface area contributed by atoms with Gasteiger partial charge in [0, 0.05) is 6.42 Å². The average Bonchev–Trinajstić information content (AvgIpc) is 2.44. The van der Waals surface area contributed by atoms with Gasteiger partial charge in [0.25, 0.3) is 5.66 Å². The molecule has 0 bridgehead atoms. The number of hydrogen-bond acceptors (Lipinski definition) is 3. The molecule has 0 saturated carbocycles. The predicted molar refractivity (Wildman–Crippen MR) is 82.8 cm³/mol. The molecule has 0 N–H and O–H groups in total. The van der Waals surface area contributed by atoms with E-state index in [4.69, 9.17) is 4.74 Å². The highest BCUT2D eigenvalue weighted by molar-refractivity contribution is 7.55. The molecule has 2 atom stereocenters. The second-order valence-corrected chi connectivity index (χ2v) is 6.58. The third kappa shape index (κ3) is 5.26. The number of carbonyl (C=O) groups excluding carboxylic acids is 1. The van der Waals surface area contributed by atoms with E-state index in [2.05, 4.69) is 6.08 Å². The summed E-state index contributed by atoms with van der Waals surface area (Å²) in [5.41, 5.74) is 0.630. The van der Waals surface area contributed by atoms with Crippen LogP contribution in [0.1, 0.15) is 33.6 Å². The zero-order chi connectivity index (χ0) is 15.0. The van der Waals surface area contributed by atoms with E-state index >= 15 is 0 Å². The first-order chi connectivity index (χ1) is 9.56. The maximum atomic E-state index is 12.6. The number of allylic oxidation sites excluding steroid dienone is 2. The minimum absolute atomic E-state index is 0.315. The molecule has 0 spiro atoms. The molecule has 2 unspecified atom stereocenters. The molecule has 108 valence electrons. The van der Waals surface area contributed by atoms with E-state index in [-0.39, 0.29) is 5.97 Å². The largest absolute Gasteiger partial charge is 0.463 e. The van der Waals surface area contributed by atoms with Crippen molar-refractivity contribution in [2.45, 2.75) is 39.3 Å². The molecule has 0 aliphatic rings. The van der Waals surface area contributed by atoms with Crippen molar-refractivity contribution in [3.63, 3.8) is 0 Å². The van der Waals surface area contributed by atoms with Crippen LogP contribution in [-0.4, -0.2) is 18.2 Å². The Bertz CT molecular complexity index is 476. The maximum Gasteiger partial charge on any atom is 0.391 e. The van der Waals surface area contributed by atoms with Gasteiger partial charge in [0.1, 0.15) is 0 Å².